The van der Waals surface area contributed by atoms with Gasteiger partial charge in [-0.3, -0.25) is 0 Å². The monoisotopic (exact) mass is 254 g/mol. The highest BCUT2D eigenvalue weighted by Crippen LogP contribution is 2.14. The number of aromatic nitrogens is 3. The SMILES string of the molecule is CCCCN(CCO)c1nc(N)nc(N(C)C)n1. The molecular weight excluding hydrogens is 232 g/mol. The van der Waals surface area contributed by atoms with Crippen molar-refractivity contribution in [3.8, 4) is 0 Å². The van der Waals surface area contributed by atoms with Gasteiger partial charge in [0.1, 0.15) is 0 Å². The predicted octanol–water partition coefficient (Wildman–Crippen LogP) is 0.119. The molecule has 18 heavy (non-hydrogen) atoms. The lowest BCUT2D eigenvalue weighted by Crippen LogP contribution is -2.30. The van der Waals surface area contributed by atoms with Crippen molar-refractivity contribution in [1.29, 1.82) is 0 Å². The summed E-state index contributed by atoms with van der Waals surface area (Å²) in [6, 6.07) is 0. The van der Waals surface area contributed by atoms with Crippen LogP contribution in [-0.2, 0) is 0 Å². The van der Waals surface area contributed by atoms with Crippen molar-refractivity contribution in [1.82, 2.24) is 15.0 Å². The molecule has 1 heterocycles. The average Bonchev–Trinajstić information content (AvgIpc) is 2.33. The minimum atomic E-state index is 0.0621. The van der Waals surface area contributed by atoms with E-state index in [0.29, 0.717) is 18.4 Å². The smallest absolute Gasteiger partial charge is 0.232 e. The van der Waals surface area contributed by atoms with E-state index in [1.165, 1.54) is 0 Å². The molecule has 0 aliphatic rings. The summed E-state index contributed by atoms with van der Waals surface area (Å²) in [6.45, 7) is 3.47. The van der Waals surface area contributed by atoms with Crippen LogP contribution in [0.1, 0.15) is 19.8 Å². The van der Waals surface area contributed by atoms with Crippen LogP contribution in [0, 0.1) is 0 Å². The Balaban J connectivity index is 2.95. The Hall–Kier alpha value is -1.63. The first-order valence-corrected chi connectivity index (χ1v) is 6.13. The maximum atomic E-state index is 9.09. The Labute approximate surface area is 108 Å². The number of rotatable bonds is 7. The molecule has 7 heteroatoms. The van der Waals surface area contributed by atoms with Gasteiger partial charge in [-0.1, -0.05) is 13.3 Å². The fourth-order valence-electron chi connectivity index (χ4n) is 1.49. The van der Waals surface area contributed by atoms with Gasteiger partial charge < -0.3 is 20.6 Å². The van der Waals surface area contributed by atoms with Crippen molar-refractivity contribution in [3.05, 3.63) is 0 Å². The molecule has 0 atom stereocenters. The Morgan fingerprint density at radius 2 is 1.78 bits per heavy atom. The van der Waals surface area contributed by atoms with Gasteiger partial charge in [-0.2, -0.15) is 15.0 Å². The van der Waals surface area contributed by atoms with Crippen molar-refractivity contribution in [2.45, 2.75) is 19.8 Å². The van der Waals surface area contributed by atoms with E-state index >= 15 is 0 Å². The number of aliphatic hydroxyl groups is 1. The third-order valence-electron chi connectivity index (χ3n) is 2.46. The molecule has 102 valence electrons. The van der Waals surface area contributed by atoms with Gasteiger partial charge in [-0.15, -0.1) is 0 Å². The van der Waals surface area contributed by atoms with E-state index in [1.807, 2.05) is 19.0 Å². The van der Waals surface area contributed by atoms with Crippen LogP contribution in [-0.4, -0.2) is 53.9 Å². The summed E-state index contributed by atoms with van der Waals surface area (Å²) in [4.78, 5) is 16.2. The fraction of sp³-hybridized carbons (Fsp3) is 0.727. The van der Waals surface area contributed by atoms with Gasteiger partial charge in [0.2, 0.25) is 17.8 Å². The molecule has 0 fully saturated rings. The van der Waals surface area contributed by atoms with E-state index in [4.69, 9.17) is 10.8 Å². The highest BCUT2D eigenvalue weighted by atomic mass is 16.3. The van der Waals surface area contributed by atoms with Crippen LogP contribution in [0.2, 0.25) is 0 Å². The number of hydrogen-bond acceptors (Lipinski definition) is 7. The molecule has 0 spiro atoms. The lowest BCUT2D eigenvalue weighted by Gasteiger charge is -2.22. The Kier molecular flexibility index (Phi) is 5.57. The quantitative estimate of drug-likeness (QED) is 0.714. The maximum absolute atomic E-state index is 9.09. The average molecular weight is 254 g/mol. The fourth-order valence-corrected chi connectivity index (χ4v) is 1.49. The molecule has 7 nitrogen and oxygen atoms in total. The number of nitrogens with zero attached hydrogens (tertiary/aromatic N) is 5. The molecule has 0 saturated carbocycles. The second-order valence-corrected chi connectivity index (χ2v) is 4.25. The van der Waals surface area contributed by atoms with Gasteiger partial charge in [0.05, 0.1) is 6.61 Å². The molecule has 0 aliphatic carbocycles. The highest BCUT2D eigenvalue weighted by Gasteiger charge is 2.12. The second kappa shape index (κ2) is 6.95. The Bertz CT molecular complexity index is 371. The molecule has 1 rings (SSSR count). The van der Waals surface area contributed by atoms with Gasteiger partial charge >= 0.3 is 0 Å². The number of nitrogens with two attached hydrogens (primary N) is 1. The third-order valence-corrected chi connectivity index (χ3v) is 2.46. The summed E-state index contributed by atoms with van der Waals surface area (Å²) in [5.74, 6) is 1.24. The van der Waals surface area contributed by atoms with Crippen molar-refractivity contribution in [2.24, 2.45) is 0 Å². The second-order valence-electron chi connectivity index (χ2n) is 4.25. The lowest BCUT2D eigenvalue weighted by atomic mass is 10.3. The molecule has 0 amide bonds. The van der Waals surface area contributed by atoms with Crippen molar-refractivity contribution < 1.29 is 5.11 Å². The number of aliphatic hydroxyl groups excluding tert-OH is 1. The molecule has 0 bridgehead atoms. The highest BCUT2D eigenvalue weighted by molar-refractivity contribution is 5.42. The van der Waals surface area contributed by atoms with E-state index in [1.54, 1.807) is 4.90 Å². The number of hydrogen-bond donors (Lipinski definition) is 2. The summed E-state index contributed by atoms with van der Waals surface area (Å²) >= 11 is 0. The van der Waals surface area contributed by atoms with Gasteiger partial charge in [0, 0.05) is 27.2 Å². The molecular formula is C11H22N6O. The van der Waals surface area contributed by atoms with Gasteiger partial charge in [0.25, 0.3) is 0 Å². The van der Waals surface area contributed by atoms with E-state index < -0.39 is 0 Å². The first-order chi connectivity index (χ1) is 8.58. The molecule has 1 aromatic heterocycles. The van der Waals surface area contributed by atoms with E-state index in [2.05, 4.69) is 21.9 Å². The topological polar surface area (TPSA) is 91.4 Å². The minimum Gasteiger partial charge on any atom is -0.395 e. The number of nitrogen functional groups attached to an aromatic ring is 1. The number of anilines is 3. The zero-order valence-corrected chi connectivity index (χ0v) is 11.3. The molecule has 3 N–H and O–H groups in total. The van der Waals surface area contributed by atoms with Crippen molar-refractivity contribution >= 4 is 17.8 Å². The third kappa shape index (κ3) is 3.99. The van der Waals surface area contributed by atoms with E-state index in [9.17, 15) is 0 Å². The van der Waals surface area contributed by atoms with Gasteiger partial charge in [-0.05, 0) is 6.42 Å². The molecule has 0 radical (unpaired) electrons. The Morgan fingerprint density at radius 3 is 2.33 bits per heavy atom. The largest absolute Gasteiger partial charge is 0.395 e. The van der Waals surface area contributed by atoms with E-state index in [0.717, 1.165) is 19.4 Å². The molecule has 0 unspecified atom stereocenters. The zero-order valence-electron chi connectivity index (χ0n) is 11.3. The van der Waals surface area contributed by atoms with Crippen LogP contribution in [0.3, 0.4) is 0 Å². The molecule has 0 aliphatic heterocycles. The summed E-state index contributed by atoms with van der Waals surface area (Å²) in [6.07, 6.45) is 2.09. The van der Waals surface area contributed by atoms with Crippen LogP contribution in [0.5, 0.6) is 0 Å². The lowest BCUT2D eigenvalue weighted by molar-refractivity contribution is 0.301. The van der Waals surface area contributed by atoms with Crippen LogP contribution in [0.25, 0.3) is 0 Å². The van der Waals surface area contributed by atoms with Crippen molar-refractivity contribution in [2.75, 3.05) is 49.3 Å². The normalized spacial score (nSPS) is 10.4. The summed E-state index contributed by atoms with van der Waals surface area (Å²) in [5, 5.41) is 9.09. The predicted molar refractivity (Wildman–Crippen MR) is 72.8 cm³/mol. The van der Waals surface area contributed by atoms with E-state index in [-0.39, 0.29) is 12.6 Å². The molecule has 0 saturated heterocycles. The molecule has 0 aromatic carbocycles. The first kappa shape index (κ1) is 14.4. The van der Waals surface area contributed by atoms with Crippen LogP contribution in [0.15, 0.2) is 0 Å². The summed E-state index contributed by atoms with van der Waals surface area (Å²) in [5.41, 5.74) is 5.68. The first-order valence-electron chi connectivity index (χ1n) is 6.13. The zero-order chi connectivity index (χ0) is 13.5. The van der Waals surface area contributed by atoms with Gasteiger partial charge in [0.15, 0.2) is 0 Å². The van der Waals surface area contributed by atoms with Crippen LogP contribution in [0.4, 0.5) is 17.8 Å². The van der Waals surface area contributed by atoms with Crippen LogP contribution >= 0.6 is 0 Å². The maximum Gasteiger partial charge on any atom is 0.232 e. The standard InChI is InChI=1S/C11H22N6O/c1-4-5-6-17(7-8-18)11-14-9(12)13-10(15-11)16(2)3/h18H,4-8H2,1-3H3,(H2,12,13,14,15). The van der Waals surface area contributed by atoms with Crippen molar-refractivity contribution in [3.63, 3.8) is 0 Å². The van der Waals surface area contributed by atoms with Gasteiger partial charge in [-0.25, -0.2) is 0 Å². The summed E-state index contributed by atoms with van der Waals surface area (Å²) in [7, 11) is 3.70. The van der Waals surface area contributed by atoms with Crippen LogP contribution < -0.4 is 15.5 Å². The Morgan fingerprint density at radius 1 is 1.11 bits per heavy atom. The molecule has 1 aromatic rings. The minimum absolute atomic E-state index is 0.0621. The number of unbranched alkanes of at least 4 members (excludes halogenated alkanes) is 1. The summed E-state index contributed by atoms with van der Waals surface area (Å²) < 4.78 is 0.